The van der Waals surface area contributed by atoms with Gasteiger partial charge in [-0.25, -0.2) is 9.59 Å². The summed E-state index contributed by atoms with van der Waals surface area (Å²) in [5.74, 6) is 1.13. The minimum atomic E-state index is -0.663. The predicted octanol–water partition coefficient (Wildman–Crippen LogP) is 7.82. The Balaban J connectivity index is 2.24. The van der Waals surface area contributed by atoms with Crippen LogP contribution in [0, 0.1) is 11.8 Å². The zero-order valence-corrected chi connectivity index (χ0v) is 21.1. The van der Waals surface area contributed by atoms with Crippen molar-refractivity contribution < 1.29 is 28.5 Å². The third-order valence-corrected chi connectivity index (χ3v) is 6.26. The lowest BCUT2D eigenvalue weighted by Crippen LogP contribution is -2.38. The summed E-state index contributed by atoms with van der Waals surface area (Å²) in [4.78, 5) is 24.3. The van der Waals surface area contributed by atoms with Crippen molar-refractivity contribution in [1.29, 1.82) is 0 Å². The molecule has 6 nitrogen and oxygen atoms in total. The molecule has 0 saturated heterocycles. The molecule has 3 unspecified atom stereocenters. The lowest BCUT2D eigenvalue weighted by Gasteiger charge is -2.30. The summed E-state index contributed by atoms with van der Waals surface area (Å²) >= 11 is 0. The molecule has 6 heteroatoms. The van der Waals surface area contributed by atoms with E-state index in [-0.39, 0.29) is 0 Å². The Morgan fingerprint density at radius 1 is 0.781 bits per heavy atom. The third-order valence-electron chi connectivity index (χ3n) is 6.26. The number of ether oxygens (including phenoxy) is 4. The van der Waals surface area contributed by atoms with Crippen LogP contribution < -0.4 is 0 Å². The highest BCUT2D eigenvalue weighted by molar-refractivity contribution is 5.61. The maximum atomic E-state index is 12.2. The molecule has 0 bridgehead atoms. The fourth-order valence-corrected chi connectivity index (χ4v) is 4.07. The van der Waals surface area contributed by atoms with Crippen LogP contribution in [0.15, 0.2) is 0 Å². The molecule has 0 heterocycles. The summed E-state index contributed by atoms with van der Waals surface area (Å²) in [6.07, 6.45) is 12.2. The molecule has 0 aliphatic heterocycles. The summed E-state index contributed by atoms with van der Waals surface area (Å²) < 4.78 is 21.6. The van der Waals surface area contributed by atoms with E-state index in [0.717, 1.165) is 57.3 Å². The maximum Gasteiger partial charge on any atom is 0.508 e. The summed E-state index contributed by atoms with van der Waals surface area (Å²) in [5.41, 5.74) is 0. The average molecular weight is 457 g/mol. The monoisotopic (exact) mass is 456 g/mol. The second-order valence-corrected chi connectivity index (χ2v) is 9.62. The average Bonchev–Trinajstić information content (AvgIpc) is 2.77. The molecule has 188 valence electrons. The molecule has 1 aliphatic rings. The Kier molecular flexibility index (Phi) is 16.1. The Bertz CT molecular complexity index is 493. The molecule has 1 aliphatic carbocycles. The van der Waals surface area contributed by atoms with E-state index in [0.29, 0.717) is 32.0 Å². The van der Waals surface area contributed by atoms with E-state index in [1.165, 1.54) is 25.7 Å². The van der Waals surface area contributed by atoms with E-state index in [9.17, 15) is 9.59 Å². The SMILES string of the molecule is CCCCC(CC)COC(=O)OC1CCCCC1OC(=O)OCCCCCCCC(C)C. The highest BCUT2D eigenvalue weighted by Crippen LogP contribution is 2.25. The first-order valence-corrected chi connectivity index (χ1v) is 13.1. The van der Waals surface area contributed by atoms with Crippen LogP contribution in [0.4, 0.5) is 9.59 Å². The van der Waals surface area contributed by atoms with Crippen molar-refractivity contribution in [2.75, 3.05) is 13.2 Å². The van der Waals surface area contributed by atoms with Crippen LogP contribution >= 0.6 is 0 Å². The van der Waals surface area contributed by atoms with Crippen molar-refractivity contribution in [3.63, 3.8) is 0 Å². The van der Waals surface area contributed by atoms with Gasteiger partial charge in [0.1, 0.15) is 12.2 Å². The number of hydrogen-bond donors (Lipinski definition) is 0. The molecule has 3 atom stereocenters. The number of carbonyl (C=O) groups excluding carboxylic acids is 2. The molecule has 0 aromatic heterocycles. The van der Waals surface area contributed by atoms with Crippen molar-refractivity contribution in [2.24, 2.45) is 11.8 Å². The van der Waals surface area contributed by atoms with Crippen LogP contribution in [0.1, 0.15) is 118 Å². The molecule has 32 heavy (non-hydrogen) atoms. The Morgan fingerprint density at radius 2 is 1.38 bits per heavy atom. The van der Waals surface area contributed by atoms with Gasteiger partial charge in [-0.1, -0.05) is 79.1 Å². The Morgan fingerprint density at radius 3 is 1.97 bits per heavy atom. The summed E-state index contributed by atoms with van der Waals surface area (Å²) in [6, 6.07) is 0. The first-order valence-electron chi connectivity index (χ1n) is 13.1. The number of rotatable bonds is 16. The van der Waals surface area contributed by atoms with Crippen LogP contribution in [-0.4, -0.2) is 37.7 Å². The molecule has 0 radical (unpaired) electrons. The van der Waals surface area contributed by atoms with Gasteiger partial charge in [-0.2, -0.15) is 0 Å². The van der Waals surface area contributed by atoms with Crippen molar-refractivity contribution in [1.82, 2.24) is 0 Å². The Labute approximate surface area is 196 Å². The fraction of sp³-hybridized carbons (Fsp3) is 0.923. The number of unbranched alkanes of at least 4 members (excludes halogenated alkanes) is 5. The van der Waals surface area contributed by atoms with Gasteiger partial charge in [-0.3, -0.25) is 0 Å². The van der Waals surface area contributed by atoms with Gasteiger partial charge in [0.15, 0.2) is 0 Å². The minimum Gasteiger partial charge on any atom is -0.434 e. The molecular formula is C26H48O6. The highest BCUT2D eigenvalue weighted by atomic mass is 16.8. The zero-order valence-electron chi connectivity index (χ0n) is 21.1. The molecular weight excluding hydrogens is 408 g/mol. The summed E-state index contributed by atoms with van der Waals surface area (Å²) in [6.45, 7) is 9.53. The molecule has 1 saturated carbocycles. The standard InChI is InChI=1S/C26H48O6/c1-5-7-16-22(6-2)20-30-26(28)32-24-18-13-12-17-23(24)31-25(27)29-19-14-10-8-9-11-15-21(3)4/h21-24H,5-20H2,1-4H3. The second kappa shape index (κ2) is 18.0. The number of hydrogen-bond acceptors (Lipinski definition) is 6. The normalized spacial score (nSPS) is 19.4. The van der Waals surface area contributed by atoms with Gasteiger partial charge >= 0.3 is 12.3 Å². The van der Waals surface area contributed by atoms with Crippen LogP contribution in [0.3, 0.4) is 0 Å². The van der Waals surface area contributed by atoms with Gasteiger partial charge in [-0.15, -0.1) is 0 Å². The van der Waals surface area contributed by atoms with Gasteiger partial charge in [-0.05, 0) is 50.4 Å². The second-order valence-electron chi connectivity index (χ2n) is 9.62. The smallest absolute Gasteiger partial charge is 0.434 e. The first-order chi connectivity index (χ1) is 15.5. The Hall–Kier alpha value is -1.46. The van der Waals surface area contributed by atoms with E-state index in [4.69, 9.17) is 18.9 Å². The summed E-state index contributed by atoms with van der Waals surface area (Å²) in [5, 5.41) is 0. The van der Waals surface area contributed by atoms with Crippen molar-refractivity contribution in [3.8, 4) is 0 Å². The molecule has 0 N–H and O–H groups in total. The lowest BCUT2D eigenvalue weighted by atomic mass is 9.95. The van der Waals surface area contributed by atoms with E-state index in [1.54, 1.807) is 0 Å². The third kappa shape index (κ3) is 13.8. The van der Waals surface area contributed by atoms with Crippen LogP contribution in [0.25, 0.3) is 0 Å². The van der Waals surface area contributed by atoms with Gasteiger partial charge in [0.2, 0.25) is 0 Å². The van der Waals surface area contributed by atoms with Crippen molar-refractivity contribution in [2.45, 2.75) is 130 Å². The molecule has 0 spiro atoms. The van der Waals surface area contributed by atoms with E-state index < -0.39 is 24.5 Å². The van der Waals surface area contributed by atoms with Gasteiger partial charge in [0, 0.05) is 0 Å². The van der Waals surface area contributed by atoms with Crippen LogP contribution in [0.5, 0.6) is 0 Å². The zero-order chi connectivity index (χ0) is 23.6. The topological polar surface area (TPSA) is 71.1 Å². The minimum absolute atomic E-state index is 0.367. The quantitative estimate of drug-likeness (QED) is 0.174. The molecule has 0 aromatic carbocycles. The highest BCUT2D eigenvalue weighted by Gasteiger charge is 2.32. The van der Waals surface area contributed by atoms with E-state index in [2.05, 4.69) is 27.7 Å². The van der Waals surface area contributed by atoms with Gasteiger partial charge < -0.3 is 18.9 Å². The van der Waals surface area contributed by atoms with Gasteiger partial charge in [0.05, 0.1) is 13.2 Å². The molecule has 1 rings (SSSR count). The lowest BCUT2D eigenvalue weighted by molar-refractivity contribution is -0.0730. The van der Waals surface area contributed by atoms with Gasteiger partial charge in [0.25, 0.3) is 0 Å². The van der Waals surface area contributed by atoms with Crippen molar-refractivity contribution in [3.05, 3.63) is 0 Å². The largest absolute Gasteiger partial charge is 0.508 e. The van der Waals surface area contributed by atoms with Crippen LogP contribution in [0.2, 0.25) is 0 Å². The van der Waals surface area contributed by atoms with Crippen molar-refractivity contribution >= 4 is 12.3 Å². The molecule has 0 amide bonds. The predicted molar refractivity (Wildman–Crippen MR) is 127 cm³/mol. The van der Waals surface area contributed by atoms with E-state index >= 15 is 0 Å². The van der Waals surface area contributed by atoms with E-state index in [1.807, 2.05) is 0 Å². The van der Waals surface area contributed by atoms with Crippen LogP contribution in [-0.2, 0) is 18.9 Å². The summed E-state index contributed by atoms with van der Waals surface area (Å²) in [7, 11) is 0. The number of carbonyl (C=O) groups is 2. The fourth-order valence-electron chi connectivity index (χ4n) is 4.07. The maximum absolute atomic E-state index is 12.2. The molecule has 1 fully saturated rings. The first kappa shape index (κ1) is 28.6. The molecule has 0 aromatic rings.